The van der Waals surface area contributed by atoms with Gasteiger partial charge in [-0.3, -0.25) is 0 Å². The van der Waals surface area contributed by atoms with E-state index < -0.39 is 0 Å². The van der Waals surface area contributed by atoms with Crippen LogP contribution < -0.4 is 5.32 Å². The fraction of sp³-hybridized carbons (Fsp3) is 1.00. The molecule has 1 fully saturated rings. The van der Waals surface area contributed by atoms with Gasteiger partial charge < -0.3 is 10.2 Å². The van der Waals surface area contributed by atoms with Crippen LogP contribution in [0, 0.1) is 0 Å². The zero-order valence-electron chi connectivity index (χ0n) is 5.77. The fourth-order valence-corrected chi connectivity index (χ4v) is 0. The molecule has 0 radical (unpaired) electrons. The summed E-state index contributed by atoms with van der Waals surface area (Å²) in [6.07, 6.45) is 0. The van der Waals surface area contributed by atoms with Gasteiger partial charge in [0.25, 0.3) is 0 Å². The maximum absolute atomic E-state index is 3.00. The Morgan fingerprint density at radius 3 is 1.25 bits per heavy atom. The predicted molar refractivity (Wildman–Crippen MR) is 39.7 cm³/mol. The number of nitrogens with zero attached hydrogens (tertiary/aromatic N) is 1. The molecular formula is C5H15ClN2. The molecule has 1 saturated heterocycles. The number of hydrogen-bond acceptors (Lipinski definition) is 2. The Morgan fingerprint density at radius 1 is 1.12 bits per heavy atom. The van der Waals surface area contributed by atoms with Crippen LogP contribution in [-0.4, -0.2) is 39.1 Å². The molecule has 0 saturated carbocycles. The lowest BCUT2D eigenvalue weighted by Gasteiger charge is -1.90. The van der Waals surface area contributed by atoms with Gasteiger partial charge in [-0.1, -0.05) is 0 Å². The predicted octanol–water partition coefficient (Wildman–Crippen LogP) is 0.189. The molecule has 0 unspecified atom stereocenters. The van der Waals surface area contributed by atoms with E-state index >= 15 is 0 Å². The van der Waals surface area contributed by atoms with Crippen LogP contribution in [0.3, 0.4) is 0 Å². The average molecular weight is 139 g/mol. The van der Waals surface area contributed by atoms with E-state index in [0.717, 1.165) is 0 Å². The highest BCUT2D eigenvalue weighted by Gasteiger charge is 1.91. The number of rotatable bonds is 0. The summed E-state index contributed by atoms with van der Waals surface area (Å²) in [4.78, 5) is 2.00. The van der Waals surface area contributed by atoms with Gasteiger partial charge in [-0.2, -0.15) is 0 Å². The molecule has 8 heavy (non-hydrogen) atoms. The maximum atomic E-state index is 3.00. The van der Waals surface area contributed by atoms with E-state index in [9.17, 15) is 0 Å². The second-order valence-corrected chi connectivity index (χ2v) is 2.09. The largest absolute Gasteiger partial charge is 0.314 e. The Bertz CT molecular complexity index is 31.9. The highest BCUT2D eigenvalue weighted by molar-refractivity contribution is 5.85. The monoisotopic (exact) mass is 138 g/mol. The lowest BCUT2D eigenvalue weighted by atomic mass is 11.0. The quantitative estimate of drug-likeness (QED) is 0.484. The fourth-order valence-electron chi connectivity index (χ4n) is 0. The van der Waals surface area contributed by atoms with E-state index in [1.54, 1.807) is 0 Å². The van der Waals surface area contributed by atoms with Crippen molar-refractivity contribution in [3.63, 3.8) is 0 Å². The van der Waals surface area contributed by atoms with Gasteiger partial charge in [0, 0.05) is 13.1 Å². The Labute approximate surface area is 57.7 Å². The first-order valence-corrected chi connectivity index (χ1v) is 2.55. The molecule has 0 amide bonds. The molecule has 0 bridgehead atoms. The van der Waals surface area contributed by atoms with Gasteiger partial charge in [-0.05, 0) is 21.1 Å². The van der Waals surface area contributed by atoms with E-state index in [-0.39, 0.29) is 12.4 Å². The van der Waals surface area contributed by atoms with Gasteiger partial charge in [0.15, 0.2) is 0 Å². The molecule has 1 rings (SSSR count). The third kappa shape index (κ3) is 115. The van der Waals surface area contributed by atoms with Crippen LogP contribution in [0.4, 0.5) is 0 Å². The summed E-state index contributed by atoms with van der Waals surface area (Å²) in [5.41, 5.74) is 0. The summed E-state index contributed by atoms with van der Waals surface area (Å²) >= 11 is 0. The minimum absolute atomic E-state index is 0. The van der Waals surface area contributed by atoms with Gasteiger partial charge in [0.05, 0.1) is 0 Å². The molecule has 1 heterocycles. The summed E-state index contributed by atoms with van der Waals surface area (Å²) in [7, 11) is 6.00. The van der Waals surface area contributed by atoms with Crippen molar-refractivity contribution < 1.29 is 0 Å². The highest BCUT2D eigenvalue weighted by atomic mass is 35.5. The third-order valence-corrected chi connectivity index (χ3v) is 0.250. The van der Waals surface area contributed by atoms with E-state index in [1.807, 2.05) is 26.0 Å². The van der Waals surface area contributed by atoms with Crippen molar-refractivity contribution >= 4 is 12.4 Å². The lowest BCUT2D eigenvalue weighted by Crippen LogP contribution is -1.99. The number of hydrogen-bond donors (Lipinski definition) is 1. The average Bonchev–Trinajstić information content (AvgIpc) is 2.02. The van der Waals surface area contributed by atoms with Crippen LogP contribution in [0.5, 0.6) is 0 Å². The molecule has 3 heteroatoms. The lowest BCUT2D eigenvalue weighted by molar-refractivity contribution is 0.505. The highest BCUT2D eigenvalue weighted by Crippen LogP contribution is 1.65. The van der Waals surface area contributed by atoms with Crippen molar-refractivity contribution in [2.24, 2.45) is 0 Å². The summed E-state index contributed by atoms with van der Waals surface area (Å²) in [5, 5.41) is 3.00. The molecule has 0 atom stereocenters. The normalized spacial score (nSPS) is 13.5. The molecule has 1 aliphatic heterocycles. The molecule has 0 spiro atoms. The molecule has 0 aromatic rings. The van der Waals surface area contributed by atoms with Gasteiger partial charge in [0.2, 0.25) is 0 Å². The van der Waals surface area contributed by atoms with Gasteiger partial charge in [-0.15, -0.1) is 12.4 Å². The third-order valence-electron chi connectivity index (χ3n) is 0.250. The number of halogens is 1. The second kappa shape index (κ2) is 7.21. The van der Waals surface area contributed by atoms with Gasteiger partial charge >= 0.3 is 0 Å². The molecule has 52 valence electrons. The molecule has 2 nitrogen and oxygen atoms in total. The van der Waals surface area contributed by atoms with Crippen LogP contribution in [-0.2, 0) is 0 Å². The zero-order chi connectivity index (χ0) is 5.70. The van der Waals surface area contributed by atoms with Crippen LogP contribution in [0.2, 0.25) is 0 Å². The summed E-state index contributed by atoms with van der Waals surface area (Å²) < 4.78 is 0. The van der Waals surface area contributed by atoms with Crippen molar-refractivity contribution in [2.45, 2.75) is 0 Å². The van der Waals surface area contributed by atoms with Crippen LogP contribution in [0.25, 0.3) is 0 Å². The maximum Gasteiger partial charge on any atom is 0.00772 e. The summed E-state index contributed by atoms with van der Waals surface area (Å²) in [5.74, 6) is 0. The Hall–Kier alpha value is 0.210. The Kier molecular flexibility index (Phi) is 9.97. The van der Waals surface area contributed by atoms with Crippen molar-refractivity contribution in [3.05, 3.63) is 0 Å². The minimum Gasteiger partial charge on any atom is -0.314 e. The standard InChI is InChI=1S/C3H9N.C2H5N.ClH/c1-4(2)3;1-2-3-1;/h1-3H3;3H,1-2H2;1H. The molecule has 1 aliphatic rings. The summed E-state index contributed by atoms with van der Waals surface area (Å²) in [6.45, 7) is 2.50. The minimum atomic E-state index is 0. The number of nitrogens with one attached hydrogen (secondary N) is 1. The van der Waals surface area contributed by atoms with Crippen molar-refractivity contribution in [1.29, 1.82) is 0 Å². The SMILES string of the molecule is C1CN1.CN(C)C.Cl. The second-order valence-electron chi connectivity index (χ2n) is 2.09. The molecular weight excluding hydrogens is 124 g/mol. The Morgan fingerprint density at radius 2 is 1.25 bits per heavy atom. The van der Waals surface area contributed by atoms with Crippen molar-refractivity contribution in [3.8, 4) is 0 Å². The summed E-state index contributed by atoms with van der Waals surface area (Å²) in [6, 6.07) is 0. The van der Waals surface area contributed by atoms with E-state index in [2.05, 4.69) is 5.32 Å². The molecule has 0 aromatic heterocycles. The molecule has 0 aromatic carbocycles. The molecule has 1 N–H and O–H groups in total. The smallest absolute Gasteiger partial charge is 0.00772 e. The van der Waals surface area contributed by atoms with E-state index in [0.29, 0.717) is 0 Å². The first-order valence-electron chi connectivity index (χ1n) is 2.55. The first-order chi connectivity index (χ1) is 3.23. The van der Waals surface area contributed by atoms with Gasteiger partial charge in [-0.25, -0.2) is 0 Å². The Balaban J connectivity index is 0. The van der Waals surface area contributed by atoms with Gasteiger partial charge in [0.1, 0.15) is 0 Å². The van der Waals surface area contributed by atoms with Crippen LogP contribution >= 0.6 is 12.4 Å². The van der Waals surface area contributed by atoms with Crippen molar-refractivity contribution in [2.75, 3.05) is 34.2 Å². The van der Waals surface area contributed by atoms with Crippen LogP contribution in [0.15, 0.2) is 0 Å². The van der Waals surface area contributed by atoms with Crippen LogP contribution in [0.1, 0.15) is 0 Å². The molecule has 0 aliphatic carbocycles. The topological polar surface area (TPSA) is 25.2 Å². The van der Waals surface area contributed by atoms with Crippen molar-refractivity contribution in [1.82, 2.24) is 10.2 Å². The van der Waals surface area contributed by atoms with E-state index in [4.69, 9.17) is 0 Å². The first kappa shape index (κ1) is 11.1. The van der Waals surface area contributed by atoms with E-state index in [1.165, 1.54) is 13.1 Å². The zero-order valence-corrected chi connectivity index (χ0v) is 6.59.